The maximum absolute atomic E-state index is 10.3. The summed E-state index contributed by atoms with van der Waals surface area (Å²) in [5.41, 5.74) is 0.849. The molecular weight excluding hydrogens is 248 g/mol. The van der Waals surface area contributed by atoms with Crippen molar-refractivity contribution < 1.29 is 5.11 Å². The molecule has 1 heterocycles. The van der Waals surface area contributed by atoms with Crippen LogP contribution in [0.3, 0.4) is 0 Å². The van der Waals surface area contributed by atoms with E-state index in [0.29, 0.717) is 16.9 Å². The normalized spacial score (nSPS) is 41.4. The lowest BCUT2D eigenvalue weighted by Gasteiger charge is -2.43. The third-order valence-electron chi connectivity index (χ3n) is 6.49. The van der Waals surface area contributed by atoms with Crippen molar-refractivity contribution in [3.05, 3.63) is 0 Å². The summed E-state index contributed by atoms with van der Waals surface area (Å²) in [6.45, 7) is 11.2. The van der Waals surface area contributed by atoms with Gasteiger partial charge in [0.1, 0.15) is 0 Å². The van der Waals surface area contributed by atoms with Crippen molar-refractivity contribution in [1.29, 1.82) is 0 Å². The summed E-state index contributed by atoms with van der Waals surface area (Å²) in [6, 6.07) is 0.571. The first-order valence-electron chi connectivity index (χ1n) is 8.56. The number of likely N-dealkylation sites (tertiary alicyclic amines) is 1. The van der Waals surface area contributed by atoms with E-state index in [-0.39, 0.29) is 6.10 Å². The average Bonchev–Trinajstić information content (AvgIpc) is 3.02. The number of nitrogens with one attached hydrogen (secondary N) is 1. The van der Waals surface area contributed by atoms with E-state index in [9.17, 15) is 5.11 Å². The highest BCUT2D eigenvalue weighted by atomic mass is 16.3. The van der Waals surface area contributed by atoms with Crippen molar-refractivity contribution in [2.75, 3.05) is 26.2 Å². The molecule has 3 heteroatoms. The largest absolute Gasteiger partial charge is 0.390 e. The molecule has 1 saturated heterocycles. The molecule has 4 atom stereocenters. The average molecular weight is 280 g/mol. The lowest BCUT2D eigenvalue weighted by atomic mass is 9.68. The monoisotopic (exact) mass is 280 g/mol. The molecule has 2 aliphatic carbocycles. The molecule has 0 amide bonds. The molecule has 2 bridgehead atoms. The second kappa shape index (κ2) is 5.26. The van der Waals surface area contributed by atoms with Gasteiger partial charge < -0.3 is 15.3 Å². The van der Waals surface area contributed by atoms with Crippen molar-refractivity contribution >= 4 is 0 Å². The van der Waals surface area contributed by atoms with Crippen LogP contribution in [0.1, 0.15) is 52.9 Å². The van der Waals surface area contributed by atoms with Gasteiger partial charge in [0.2, 0.25) is 0 Å². The maximum Gasteiger partial charge on any atom is 0.0791 e. The van der Waals surface area contributed by atoms with Gasteiger partial charge in [-0.25, -0.2) is 0 Å². The van der Waals surface area contributed by atoms with Crippen molar-refractivity contribution in [2.45, 2.75) is 65.0 Å². The Kier molecular flexibility index (Phi) is 3.89. The van der Waals surface area contributed by atoms with Crippen LogP contribution in [0.4, 0.5) is 0 Å². The fraction of sp³-hybridized carbons (Fsp3) is 1.00. The van der Waals surface area contributed by atoms with E-state index in [0.717, 1.165) is 19.0 Å². The van der Waals surface area contributed by atoms with E-state index in [1.165, 1.54) is 45.2 Å². The van der Waals surface area contributed by atoms with Gasteiger partial charge in [0, 0.05) is 19.1 Å². The predicted molar refractivity (Wildman–Crippen MR) is 82.7 cm³/mol. The topological polar surface area (TPSA) is 35.5 Å². The summed E-state index contributed by atoms with van der Waals surface area (Å²) in [6.07, 6.45) is 6.52. The van der Waals surface area contributed by atoms with E-state index in [2.05, 4.69) is 31.0 Å². The van der Waals surface area contributed by atoms with Crippen molar-refractivity contribution in [2.24, 2.45) is 16.7 Å². The zero-order valence-corrected chi connectivity index (χ0v) is 13.5. The van der Waals surface area contributed by atoms with Gasteiger partial charge >= 0.3 is 0 Å². The minimum Gasteiger partial charge on any atom is -0.390 e. The first kappa shape index (κ1) is 14.8. The number of hydrogen-bond acceptors (Lipinski definition) is 3. The van der Waals surface area contributed by atoms with Gasteiger partial charge in [-0.1, -0.05) is 20.8 Å². The van der Waals surface area contributed by atoms with Gasteiger partial charge in [0.25, 0.3) is 0 Å². The van der Waals surface area contributed by atoms with Crippen LogP contribution in [0.25, 0.3) is 0 Å². The molecule has 0 spiro atoms. The molecule has 1 aliphatic heterocycles. The Morgan fingerprint density at radius 2 is 1.95 bits per heavy atom. The molecule has 3 rings (SSSR count). The standard InChI is InChI=1S/C17H32N2O/c1-16(2)13-6-7-17(3,10-13)15(16)18-11-14(20)12-19-8-4-5-9-19/h13-15,18,20H,4-12H2,1-3H3. The minimum absolute atomic E-state index is 0.216. The summed E-state index contributed by atoms with van der Waals surface area (Å²) >= 11 is 0. The molecule has 0 radical (unpaired) electrons. The molecule has 0 aromatic heterocycles. The van der Waals surface area contributed by atoms with Crippen molar-refractivity contribution in [3.63, 3.8) is 0 Å². The molecule has 20 heavy (non-hydrogen) atoms. The SMILES string of the molecule is CC12CCC(C1)C(C)(C)C2NCC(O)CN1CCCC1. The fourth-order valence-electron chi connectivity index (χ4n) is 5.39. The summed E-state index contributed by atoms with van der Waals surface area (Å²) in [4.78, 5) is 2.40. The van der Waals surface area contributed by atoms with Gasteiger partial charge in [-0.3, -0.25) is 0 Å². The first-order valence-corrected chi connectivity index (χ1v) is 8.56. The molecule has 3 aliphatic rings. The smallest absolute Gasteiger partial charge is 0.0791 e. The molecule has 0 aromatic rings. The molecule has 3 fully saturated rings. The highest BCUT2D eigenvalue weighted by molar-refractivity contribution is 5.12. The zero-order valence-electron chi connectivity index (χ0n) is 13.5. The van der Waals surface area contributed by atoms with Crippen molar-refractivity contribution in [1.82, 2.24) is 10.2 Å². The van der Waals surface area contributed by atoms with Gasteiger partial charge in [-0.05, 0) is 61.9 Å². The number of aliphatic hydroxyl groups is 1. The third-order valence-corrected chi connectivity index (χ3v) is 6.49. The lowest BCUT2D eigenvalue weighted by molar-refractivity contribution is 0.0760. The molecule has 3 nitrogen and oxygen atoms in total. The molecule has 0 aromatic carbocycles. The van der Waals surface area contributed by atoms with E-state index in [1.54, 1.807) is 0 Å². The maximum atomic E-state index is 10.3. The number of nitrogens with zero attached hydrogens (tertiary/aromatic N) is 1. The number of β-amino-alcohol motifs (C(OH)–C–C–N with tert-alkyl or cyclic N) is 1. The Morgan fingerprint density at radius 3 is 2.55 bits per heavy atom. The number of rotatable bonds is 5. The number of fused-ring (bicyclic) bond motifs is 2. The summed E-state index contributed by atoms with van der Waals surface area (Å²) in [5.74, 6) is 0.876. The Hall–Kier alpha value is -0.120. The number of aliphatic hydroxyl groups excluding tert-OH is 1. The van der Waals surface area contributed by atoms with Crippen molar-refractivity contribution in [3.8, 4) is 0 Å². The molecule has 2 saturated carbocycles. The fourth-order valence-corrected chi connectivity index (χ4v) is 5.39. The van der Waals surface area contributed by atoms with Crippen LogP contribution in [-0.4, -0.2) is 48.3 Å². The van der Waals surface area contributed by atoms with Gasteiger partial charge in [-0.15, -0.1) is 0 Å². The van der Waals surface area contributed by atoms with Gasteiger partial charge in [-0.2, -0.15) is 0 Å². The van der Waals surface area contributed by atoms with E-state index in [4.69, 9.17) is 0 Å². The number of hydrogen-bond donors (Lipinski definition) is 2. The van der Waals surface area contributed by atoms with Gasteiger partial charge in [0.05, 0.1) is 6.10 Å². The van der Waals surface area contributed by atoms with Gasteiger partial charge in [0.15, 0.2) is 0 Å². The Balaban J connectivity index is 1.52. The minimum atomic E-state index is -0.216. The summed E-state index contributed by atoms with van der Waals surface area (Å²) in [5, 5.41) is 14.0. The van der Waals surface area contributed by atoms with Crippen LogP contribution in [0.2, 0.25) is 0 Å². The van der Waals surface area contributed by atoms with Crippen LogP contribution in [0, 0.1) is 16.7 Å². The second-order valence-electron chi connectivity index (χ2n) is 8.42. The van der Waals surface area contributed by atoms with Crippen LogP contribution in [-0.2, 0) is 0 Å². The third kappa shape index (κ3) is 2.53. The van der Waals surface area contributed by atoms with Crippen LogP contribution in [0.15, 0.2) is 0 Å². The van der Waals surface area contributed by atoms with E-state index < -0.39 is 0 Å². The molecule has 4 unspecified atom stereocenters. The summed E-state index contributed by atoms with van der Waals surface area (Å²) in [7, 11) is 0. The Bertz CT molecular complexity index is 346. The predicted octanol–water partition coefficient (Wildman–Crippen LogP) is 2.25. The van der Waals surface area contributed by atoms with E-state index >= 15 is 0 Å². The van der Waals surface area contributed by atoms with Crippen LogP contribution < -0.4 is 5.32 Å². The molecule has 116 valence electrons. The highest BCUT2D eigenvalue weighted by Crippen LogP contribution is 2.62. The quantitative estimate of drug-likeness (QED) is 0.811. The first-order chi connectivity index (χ1) is 9.42. The Labute approximate surface area is 124 Å². The summed E-state index contributed by atoms with van der Waals surface area (Å²) < 4.78 is 0. The lowest BCUT2D eigenvalue weighted by Crippen LogP contribution is -2.53. The molecule has 2 N–H and O–H groups in total. The van der Waals surface area contributed by atoms with Crippen LogP contribution in [0.5, 0.6) is 0 Å². The highest BCUT2D eigenvalue weighted by Gasteiger charge is 2.58. The molecular formula is C17H32N2O. The zero-order chi connectivity index (χ0) is 14.4. The second-order valence-corrected chi connectivity index (χ2v) is 8.42. The van der Waals surface area contributed by atoms with Crippen LogP contribution >= 0.6 is 0 Å². The Morgan fingerprint density at radius 1 is 1.25 bits per heavy atom. The van der Waals surface area contributed by atoms with E-state index in [1.807, 2.05) is 0 Å².